The van der Waals surface area contributed by atoms with Crippen LogP contribution in [0.3, 0.4) is 0 Å². The number of amides is 1. The van der Waals surface area contributed by atoms with Crippen molar-refractivity contribution in [1.29, 1.82) is 0 Å². The van der Waals surface area contributed by atoms with E-state index in [4.69, 9.17) is 4.42 Å². The van der Waals surface area contributed by atoms with Crippen LogP contribution in [0.5, 0.6) is 0 Å². The monoisotopic (exact) mass is 369 g/mol. The molecule has 140 valence electrons. The number of nitrogens with one attached hydrogen (secondary N) is 1. The van der Waals surface area contributed by atoms with Crippen molar-refractivity contribution >= 4 is 5.91 Å². The van der Waals surface area contributed by atoms with Gasteiger partial charge in [-0.15, -0.1) is 5.10 Å². The molecule has 0 unspecified atom stereocenters. The molecular formula is C20H20FN3O3. The minimum absolute atomic E-state index is 0.166. The number of nitrogens with zero attached hydrogens (tertiary/aromatic N) is 2. The van der Waals surface area contributed by atoms with Crippen molar-refractivity contribution in [3.05, 3.63) is 76.5 Å². The zero-order chi connectivity index (χ0) is 19.4. The Morgan fingerprint density at radius 1 is 1.15 bits per heavy atom. The molecule has 7 heteroatoms. The molecule has 2 aromatic carbocycles. The molecule has 1 N–H and O–H groups in total. The van der Waals surface area contributed by atoms with E-state index in [-0.39, 0.29) is 24.2 Å². The van der Waals surface area contributed by atoms with E-state index in [1.54, 1.807) is 36.4 Å². The van der Waals surface area contributed by atoms with Gasteiger partial charge in [-0.1, -0.05) is 30.3 Å². The summed E-state index contributed by atoms with van der Waals surface area (Å²) < 4.78 is 19.1. The van der Waals surface area contributed by atoms with Crippen LogP contribution in [0.25, 0.3) is 11.5 Å². The molecule has 0 bridgehead atoms. The van der Waals surface area contributed by atoms with Gasteiger partial charge in [0.15, 0.2) is 0 Å². The van der Waals surface area contributed by atoms with E-state index >= 15 is 0 Å². The first-order chi connectivity index (χ1) is 12.8. The maximum atomic E-state index is 13.0. The third-order valence-corrected chi connectivity index (χ3v) is 3.96. The van der Waals surface area contributed by atoms with Gasteiger partial charge in [0.1, 0.15) is 12.4 Å². The maximum absolute atomic E-state index is 13.0. The number of benzene rings is 2. The van der Waals surface area contributed by atoms with E-state index in [0.29, 0.717) is 12.0 Å². The molecule has 6 nitrogen and oxygen atoms in total. The number of rotatable bonds is 6. The summed E-state index contributed by atoms with van der Waals surface area (Å²) in [5.41, 5.74) is 0.974. The molecule has 0 aliphatic carbocycles. The number of aromatic nitrogens is 2. The second-order valence-electron chi connectivity index (χ2n) is 6.93. The Bertz CT molecular complexity index is 976. The highest BCUT2D eigenvalue weighted by atomic mass is 19.1. The Hall–Kier alpha value is -3.22. The largest absolute Gasteiger partial charge is 0.437 e. The Balaban J connectivity index is 1.66. The van der Waals surface area contributed by atoms with E-state index in [2.05, 4.69) is 10.4 Å². The summed E-state index contributed by atoms with van der Waals surface area (Å²) in [5, 5.41) is 6.95. The average molecular weight is 369 g/mol. The van der Waals surface area contributed by atoms with Crippen LogP contribution in [0.15, 0.2) is 63.8 Å². The van der Waals surface area contributed by atoms with Crippen LogP contribution in [-0.4, -0.2) is 21.2 Å². The van der Waals surface area contributed by atoms with Gasteiger partial charge in [-0.2, -0.15) is 4.68 Å². The lowest BCUT2D eigenvalue weighted by molar-refractivity contribution is -0.123. The molecule has 0 radical (unpaired) electrons. The van der Waals surface area contributed by atoms with Gasteiger partial charge in [0.25, 0.3) is 0 Å². The summed E-state index contributed by atoms with van der Waals surface area (Å²) in [4.78, 5) is 24.3. The van der Waals surface area contributed by atoms with E-state index < -0.39 is 11.3 Å². The Morgan fingerprint density at radius 2 is 1.81 bits per heavy atom. The Labute approximate surface area is 155 Å². The van der Waals surface area contributed by atoms with Crippen molar-refractivity contribution in [2.45, 2.75) is 32.4 Å². The standard InChI is InChI=1S/C20H20FN3O3/c1-20(2,12-14-8-10-16(21)11-9-14)22-17(25)13-24-19(26)27-18(23-24)15-6-4-3-5-7-15/h3-11H,12-13H2,1-2H3,(H,22,25). The van der Waals surface area contributed by atoms with E-state index in [0.717, 1.165) is 10.2 Å². The highest BCUT2D eigenvalue weighted by molar-refractivity contribution is 5.76. The third kappa shape index (κ3) is 4.91. The van der Waals surface area contributed by atoms with Crippen molar-refractivity contribution in [3.63, 3.8) is 0 Å². The predicted octanol–water partition coefficient (Wildman–Crippen LogP) is 2.78. The van der Waals surface area contributed by atoms with Crippen molar-refractivity contribution in [2.24, 2.45) is 0 Å². The highest BCUT2D eigenvalue weighted by Crippen LogP contribution is 2.15. The molecule has 0 saturated heterocycles. The molecule has 1 heterocycles. The summed E-state index contributed by atoms with van der Waals surface area (Å²) in [7, 11) is 0. The van der Waals surface area contributed by atoms with Crippen molar-refractivity contribution in [1.82, 2.24) is 15.1 Å². The van der Waals surface area contributed by atoms with Crippen molar-refractivity contribution < 1.29 is 13.6 Å². The molecule has 0 saturated carbocycles. The fourth-order valence-corrected chi connectivity index (χ4v) is 2.81. The van der Waals surface area contributed by atoms with E-state index in [1.807, 2.05) is 19.9 Å². The van der Waals surface area contributed by atoms with E-state index in [9.17, 15) is 14.0 Å². The average Bonchev–Trinajstić information content (AvgIpc) is 2.97. The maximum Gasteiger partial charge on any atom is 0.437 e. The van der Waals surface area contributed by atoms with Crippen LogP contribution >= 0.6 is 0 Å². The first-order valence-electron chi connectivity index (χ1n) is 8.51. The van der Waals surface area contributed by atoms with Crippen LogP contribution in [0, 0.1) is 5.82 Å². The Morgan fingerprint density at radius 3 is 2.48 bits per heavy atom. The molecular weight excluding hydrogens is 349 g/mol. The Kier molecular flexibility index (Phi) is 5.21. The number of hydrogen-bond acceptors (Lipinski definition) is 4. The molecule has 0 aliphatic heterocycles. The van der Waals surface area contributed by atoms with Gasteiger partial charge in [0.05, 0.1) is 0 Å². The summed E-state index contributed by atoms with van der Waals surface area (Å²) in [5.74, 6) is -1.20. The van der Waals surface area contributed by atoms with Gasteiger partial charge in [-0.25, -0.2) is 9.18 Å². The van der Waals surface area contributed by atoms with Crippen LogP contribution < -0.4 is 11.1 Å². The normalized spacial score (nSPS) is 11.4. The van der Waals surface area contributed by atoms with Crippen molar-refractivity contribution in [3.8, 4) is 11.5 Å². The fraction of sp³-hybridized carbons (Fsp3) is 0.250. The quantitative estimate of drug-likeness (QED) is 0.725. The van der Waals surface area contributed by atoms with Gasteiger partial charge in [0.2, 0.25) is 11.8 Å². The lowest BCUT2D eigenvalue weighted by Gasteiger charge is -2.26. The van der Waals surface area contributed by atoms with Gasteiger partial charge in [0, 0.05) is 11.1 Å². The minimum Gasteiger partial charge on any atom is -0.388 e. The summed E-state index contributed by atoms with van der Waals surface area (Å²) in [6.07, 6.45) is 0.516. The zero-order valence-electron chi connectivity index (χ0n) is 15.1. The van der Waals surface area contributed by atoms with Crippen LogP contribution in [-0.2, 0) is 17.8 Å². The van der Waals surface area contributed by atoms with Gasteiger partial charge in [-0.3, -0.25) is 4.79 Å². The minimum atomic E-state index is -0.694. The van der Waals surface area contributed by atoms with Gasteiger partial charge >= 0.3 is 5.76 Å². The third-order valence-electron chi connectivity index (χ3n) is 3.96. The van der Waals surface area contributed by atoms with Crippen LogP contribution in [0.4, 0.5) is 4.39 Å². The smallest absolute Gasteiger partial charge is 0.388 e. The summed E-state index contributed by atoms with van der Waals surface area (Å²) in [6.45, 7) is 3.46. The first-order valence-corrected chi connectivity index (χ1v) is 8.51. The summed E-state index contributed by atoms with van der Waals surface area (Å²) >= 11 is 0. The second kappa shape index (κ2) is 7.57. The molecule has 0 spiro atoms. The van der Waals surface area contributed by atoms with Crippen LogP contribution in [0.1, 0.15) is 19.4 Å². The molecule has 3 aromatic rings. The molecule has 27 heavy (non-hydrogen) atoms. The molecule has 1 aromatic heterocycles. The summed E-state index contributed by atoms with van der Waals surface area (Å²) in [6, 6.07) is 15.1. The van der Waals surface area contributed by atoms with Crippen molar-refractivity contribution in [2.75, 3.05) is 0 Å². The molecule has 1 amide bonds. The number of carbonyl (C=O) groups excluding carboxylic acids is 1. The number of hydrogen-bond donors (Lipinski definition) is 1. The zero-order valence-corrected chi connectivity index (χ0v) is 15.1. The SMILES string of the molecule is CC(C)(Cc1ccc(F)cc1)NC(=O)Cn1nc(-c2ccccc2)oc1=O. The topological polar surface area (TPSA) is 77.1 Å². The molecule has 0 fully saturated rings. The predicted molar refractivity (Wildman–Crippen MR) is 98.5 cm³/mol. The lowest BCUT2D eigenvalue weighted by atomic mass is 9.95. The highest BCUT2D eigenvalue weighted by Gasteiger charge is 2.22. The number of carbonyl (C=O) groups is 1. The second-order valence-corrected chi connectivity index (χ2v) is 6.93. The molecule has 0 atom stereocenters. The fourth-order valence-electron chi connectivity index (χ4n) is 2.81. The van der Waals surface area contributed by atoms with E-state index in [1.165, 1.54) is 12.1 Å². The first kappa shape index (κ1) is 18.6. The van der Waals surface area contributed by atoms with Crippen LogP contribution in [0.2, 0.25) is 0 Å². The lowest BCUT2D eigenvalue weighted by Crippen LogP contribution is -2.47. The van der Waals surface area contributed by atoms with Gasteiger partial charge < -0.3 is 9.73 Å². The number of halogens is 1. The molecule has 0 aliphatic rings. The van der Waals surface area contributed by atoms with Gasteiger partial charge in [-0.05, 0) is 50.1 Å². The molecule has 3 rings (SSSR count).